The van der Waals surface area contributed by atoms with Gasteiger partial charge in [0.15, 0.2) is 0 Å². The number of alkyl halides is 1. The van der Waals surface area contributed by atoms with Crippen LogP contribution in [0.25, 0.3) is 0 Å². The Balaban J connectivity index is 1.90. The summed E-state index contributed by atoms with van der Waals surface area (Å²) < 4.78 is -0.792. The number of likely N-dealkylation sites (tertiary alicyclic amines) is 1. The predicted octanol–water partition coefficient (Wildman–Crippen LogP) is 4.34. The van der Waals surface area contributed by atoms with Gasteiger partial charge < -0.3 is 19.8 Å². The lowest BCUT2D eigenvalue weighted by Gasteiger charge is -2.41. The Hall–Kier alpha value is -2.10. The molecule has 2 bridgehead atoms. The molecule has 3 fully saturated rings. The average molecular weight is 633 g/mol. The van der Waals surface area contributed by atoms with E-state index in [1.807, 2.05) is 45.9 Å². The van der Waals surface area contributed by atoms with Gasteiger partial charge >= 0.3 is 0 Å². The van der Waals surface area contributed by atoms with Gasteiger partial charge in [-0.05, 0) is 37.3 Å². The molecule has 0 saturated carbocycles. The molecule has 9 heteroatoms. The number of anilines is 1. The molecular formula is C31H42BrN3O4S. The van der Waals surface area contributed by atoms with E-state index in [0.717, 1.165) is 23.2 Å². The van der Waals surface area contributed by atoms with Crippen molar-refractivity contribution in [1.82, 2.24) is 9.80 Å². The van der Waals surface area contributed by atoms with E-state index in [2.05, 4.69) is 29.1 Å². The van der Waals surface area contributed by atoms with Gasteiger partial charge in [-0.2, -0.15) is 0 Å². The van der Waals surface area contributed by atoms with Crippen LogP contribution in [0.15, 0.2) is 43.5 Å². The summed E-state index contributed by atoms with van der Waals surface area (Å²) in [7, 11) is 1.73. The fourth-order valence-electron chi connectivity index (χ4n) is 7.14. The van der Waals surface area contributed by atoms with Crippen molar-refractivity contribution < 1.29 is 19.5 Å². The third kappa shape index (κ3) is 4.75. The molecule has 0 aliphatic carbocycles. The van der Waals surface area contributed by atoms with Crippen LogP contribution in [-0.4, -0.2) is 86.3 Å². The number of carbonyl (C=O) groups is 3. The van der Waals surface area contributed by atoms with Crippen LogP contribution in [0.4, 0.5) is 5.69 Å². The van der Waals surface area contributed by atoms with Crippen molar-refractivity contribution in [1.29, 1.82) is 0 Å². The van der Waals surface area contributed by atoms with Crippen LogP contribution in [0.3, 0.4) is 0 Å². The number of benzene rings is 1. The summed E-state index contributed by atoms with van der Waals surface area (Å²) in [5, 5.41) is 10.5. The maximum absolute atomic E-state index is 14.9. The van der Waals surface area contributed by atoms with Crippen LogP contribution >= 0.6 is 27.7 Å². The highest BCUT2D eigenvalue weighted by Gasteiger charge is 2.76. The molecule has 1 aromatic carbocycles. The van der Waals surface area contributed by atoms with Crippen LogP contribution in [0.5, 0.6) is 0 Å². The van der Waals surface area contributed by atoms with E-state index in [4.69, 9.17) is 0 Å². The second-order valence-corrected chi connectivity index (χ2v) is 14.2. The lowest BCUT2D eigenvalue weighted by atomic mass is 9.70. The molecule has 1 spiro atoms. The van der Waals surface area contributed by atoms with Gasteiger partial charge in [-0.1, -0.05) is 66.5 Å². The number of thioether (sulfide) groups is 1. The number of hydrogen-bond donors (Lipinski definition) is 1. The van der Waals surface area contributed by atoms with Crippen molar-refractivity contribution in [3.05, 3.63) is 54.6 Å². The number of aliphatic hydroxyl groups is 1. The van der Waals surface area contributed by atoms with Gasteiger partial charge in [0.05, 0.1) is 29.2 Å². The van der Waals surface area contributed by atoms with Crippen molar-refractivity contribution in [2.75, 3.05) is 31.6 Å². The third-order valence-electron chi connectivity index (χ3n) is 9.16. The highest BCUT2D eigenvalue weighted by molar-refractivity contribution is 9.09. The summed E-state index contributed by atoms with van der Waals surface area (Å²) >= 11 is 5.46. The molecule has 4 rings (SSSR count). The molecule has 3 amide bonds. The molecule has 7 nitrogen and oxygen atoms in total. The van der Waals surface area contributed by atoms with E-state index >= 15 is 0 Å². The Morgan fingerprint density at radius 3 is 2.40 bits per heavy atom. The number of nitrogens with zero attached hydrogens (tertiary/aromatic N) is 3. The fraction of sp³-hybridized carbons (Fsp3) is 0.581. The van der Waals surface area contributed by atoms with E-state index < -0.39 is 28.7 Å². The summed E-state index contributed by atoms with van der Waals surface area (Å²) in [6.07, 6.45) is 4.72. The van der Waals surface area contributed by atoms with Gasteiger partial charge in [-0.15, -0.1) is 24.9 Å². The SMILES string of the molecule is C=CCN(C)C(=O)[C@H]1[C@@H]2SC3(CC2Br)C(C(=O)N(CC=C)c2c(C)cccc2C)N([C@@H](CO)[C@@H](C)CC)C(=O)[C@H]13. The lowest BCUT2D eigenvalue weighted by Crippen LogP contribution is -2.59. The Morgan fingerprint density at radius 1 is 1.23 bits per heavy atom. The number of aliphatic hydroxyl groups excluding tert-OH is 1. The maximum Gasteiger partial charge on any atom is 0.251 e. The second kappa shape index (κ2) is 12.0. The quantitative estimate of drug-likeness (QED) is 0.290. The molecule has 218 valence electrons. The van der Waals surface area contributed by atoms with E-state index in [9.17, 15) is 19.5 Å². The Labute approximate surface area is 251 Å². The van der Waals surface area contributed by atoms with Crippen molar-refractivity contribution >= 4 is 51.1 Å². The number of para-hydroxylation sites is 1. The Morgan fingerprint density at radius 2 is 1.85 bits per heavy atom. The van der Waals surface area contributed by atoms with Gasteiger partial charge in [0.1, 0.15) is 6.04 Å². The summed E-state index contributed by atoms with van der Waals surface area (Å²) in [4.78, 5) is 48.4. The van der Waals surface area contributed by atoms with Crippen LogP contribution in [0.1, 0.15) is 37.8 Å². The summed E-state index contributed by atoms with van der Waals surface area (Å²) in [6, 6.07) is 4.57. The first-order valence-electron chi connectivity index (χ1n) is 14.1. The molecule has 3 unspecified atom stereocenters. The van der Waals surface area contributed by atoms with Crippen LogP contribution in [-0.2, 0) is 14.4 Å². The topological polar surface area (TPSA) is 81.2 Å². The number of rotatable bonds is 11. The normalized spacial score (nSPS) is 30.1. The largest absolute Gasteiger partial charge is 0.394 e. The van der Waals surface area contributed by atoms with Crippen LogP contribution in [0.2, 0.25) is 0 Å². The first-order valence-corrected chi connectivity index (χ1v) is 15.9. The highest BCUT2D eigenvalue weighted by Crippen LogP contribution is 2.68. The zero-order valence-electron chi connectivity index (χ0n) is 24.2. The van der Waals surface area contributed by atoms with Gasteiger partial charge in [-0.25, -0.2) is 0 Å². The number of aryl methyl sites for hydroxylation is 2. The molecule has 3 heterocycles. The molecule has 1 aromatic rings. The number of hydrogen-bond acceptors (Lipinski definition) is 5. The minimum Gasteiger partial charge on any atom is -0.394 e. The predicted molar refractivity (Wildman–Crippen MR) is 166 cm³/mol. The molecular weight excluding hydrogens is 590 g/mol. The van der Waals surface area contributed by atoms with Gasteiger partial charge in [0.2, 0.25) is 11.8 Å². The van der Waals surface area contributed by atoms with Crippen LogP contribution < -0.4 is 4.90 Å². The molecule has 3 aliphatic rings. The summed E-state index contributed by atoms with van der Waals surface area (Å²) in [5.74, 6) is -1.73. The van der Waals surface area contributed by atoms with Crippen molar-refractivity contribution in [3.8, 4) is 0 Å². The molecule has 40 heavy (non-hydrogen) atoms. The Kier molecular flexibility index (Phi) is 9.27. The summed E-state index contributed by atoms with van der Waals surface area (Å²) in [6.45, 7) is 16.1. The van der Waals surface area contributed by atoms with Gasteiger partial charge in [0.25, 0.3) is 5.91 Å². The average Bonchev–Trinajstić information content (AvgIpc) is 3.51. The molecule has 3 aliphatic heterocycles. The van der Waals surface area contributed by atoms with Crippen molar-refractivity contribution in [3.63, 3.8) is 0 Å². The van der Waals surface area contributed by atoms with Crippen molar-refractivity contribution in [2.24, 2.45) is 17.8 Å². The first kappa shape index (κ1) is 30.8. The fourth-order valence-corrected chi connectivity index (χ4v) is 10.7. The van der Waals surface area contributed by atoms with Crippen LogP contribution in [0, 0.1) is 31.6 Å². The minimum atomic E-state index is -0.826. The minimum absolute atomic E-state index is 0.0212. The zero-order chi connectivity index (χ0) is 29.5. The molecule has 8 atom stereocenters. The molecule has 0 radical (unpaired) electrons. The van der Waals surface area contributed by atoms with Crippen molar-refractivity contribution in [2.45, 2.75) is 67.4 Å². The highest BCUT2D eigenvalue weighted by atomic mass is 79.9. The first-order chi connectivity index (χ1) is 19.0. The Bertz CT molecular complexity index is 1170. The second-order valence-electron chi connectivity index (χ2n) is 11.5. The van der Waals surface area contributed by atoms with E-state index in [1.54, 1.807) is 45.7 Å². The number of fused-ring (bicyclic) bond motifs is 1. The number of likely N-dealkylation sites (N-methyl/N-ethyl adjacent to an activating group) is 1. The zero-order valence-corrected chi connectivity index (χ0v) is 26.6. The van der Waals surface area contributed by atoms with Gasteiger partial charge in [0, 0.05) is 35.9 Å². The summed E-state index contributed by atoms with van der Waals surface area (Å²) in [5.41, 5.74) is 2.73. The third-order valence-corrected chi connectivity index (χ3v) is 12.4. The smallest absolute Gasteiger partial charge is 0.251 e. The number of amides is 3. The molecule has 0 aromatic heterocycles. The molecule has 1 N–H and O–H groups in total. The lowest BCUT2D eigenvalue weighted by molar-refractivity contribution is -0.145. The van der Waals surface area contributed by atoms with E-state index in [1.165, 1.54) is 0 Å². The standard InChI is InChI=1S/C31H42BrN3O4S/c1-8-14-33(7)28(37)23-24-29(38)35(22(17-36)18(4)10-3)27(31(24)16-21(32)26(23)40-31)30(39)34(15-9-2)25-19(5)12-11-13-20(25)6/h8-9,11-13,18,21-24,26-27,36H,1-2,10,14-17H2,3-7H3/t18-,21?,22-,23+,24-,26+,27?,31?/m0/s1. The van der Waals surface area contributed by atoms with E-state index in [-0.39, 0.29) is 46.9 Å². The maximum atomic E-state index is 14.9. The van der Waals surface area contributed by atoms with E-state index in [0.29, 0.717) is 13.0 Å². The van der Waals surface area contributed by atoms with Gasteiger partial charge in [-0.3, -0.25) is 14.4 Å². The number of carbonyl (C=O) groups excluding carboxylic acids is 3. The molecule has 3 saturated heterocycles. The monoisotopic (exact) mass is 631 g/mol. The number of halogens is 1.